The second-order valence-electron chi connectivity index (χ2n) is 4.82. The van der Waals surface area contributed by atoms with E-state index in [9.17, 15) is 4.79 Å². The van der Waals surface area contributed by atoms with Gasteiger partial charge in [-0.25, -0.2) is 4.79 Å². The third kappa shape index (κ3) is 2.89. The number of nitrogen functional groups attached to an aromatic ring is 1. The number of fused-ring (bicyclic) bond motifs is 1. The van der Waals surface area contributed by atoms with Gasteiger partial charge in [-0.05, 0) is 29.8 Å². The summed E-state index contributed by atoms with van der Waals surface area (Å²) in [6, 6.07) is 6.85. The molecular weight excluding hydrogens is 270 g/mol. The fourth-order valence-electron chi connectivity index (χ4n) is 2.10. The largest absolute Gasteiger partial charge is 0.459 e. The molecule has 0 spiro atoms. The Hall–Kier alpha value is -2.76. The maximum absolute atomic E-state index is 11.9. The van der Waals surface area contributed by atoms with Crippen molar-refractivity contribution in [1.29, 1.82) is 0 Å². The zero-order chi connectivity index (χ0) is 14.8. The molecule has 2 aromatic heterocycles. The summed E-state index contributed by atoms with van der Waals surface area (Å²) in [5.41, 5.74) is 7.95. The maximum atomic E-state index is 11.9. The molecule has 0 aliphatic rings. The van der Waals surface area contributed by atoms with E-state index in [4.69, 9.17) is 14.9 Å². The van der Waals surface area contributed by atoms with E-state index in [1.54, 1.807) is 35.1 Å². The Labute approximate surface area is 121 Å². The van der Waals surface area contributed by atoms with E-state index in [1.165, 1.54) is 0 Å². The van der Waals surface area contributed by atoms with Crippen LogP contribution in [0.1, 0.15) is 16.1 Å². The molecule has 0 aliphatic heterocycles. The standard InChI is InChI=1S/C15H15N3O3/c1-18-9-10(8-17-18)4-5-20-15(19)14-7-11-6-12(16)2-3-13(11)21-14/h2-3,6-9H,4-5,16H2,1H3. The zero-order valence-electron chi connectivity index (χ0n) is 11.6. The fraction of sp³-hybridized carbons (Fsp3) is 0.200. The smallest absolute Gasteiger partial charge is 0.374 e. The minimum Gasteiger partial charge on any atom is -0.459 e. The highest BCUT2D eigenvalue weighted by Gasteiger charge is 2.14. The molecule has 0 aliphatic carbocycles. The molecular formula is C15H15N3O3. The van der Waals surface area contributed by atoms with Crippen LogP contribution in [0.2, 0.25) is 0 Å². The Morgan fingerprint density at radius 1 is 1.43 bits per heavy atom. The quantitative estimate of drug-likeness (QED) is 0.586. The summed E-state index contributed by atoms with van der Waals surface area (Å²) in [7, 11) is 1.84. The van der Waals surface area contributed by atoms with Crippen molar-refractivity contribution in [3.8, 4) is 0 Å². The summed E-state index contributed by atoms with van der Waals surface area (Å²) in [6.07, 6.45) is 4.25. The lowest BCUT2D eigenvalue weighted by Crippen LogP contribution is -2.06. The number of carbonyl (C=O) groups excluding carboxylic acids is 1. The van der Waals surface area contributed by atoms with Crippen LogP contribution >= 0.6 is 0 Å². The number of nitrogens with zero attached hydrogens (tertiary/aromatic N) is 2. The number of furan rings is 1. The average Bonchev–Trinajstić information content (AvgIpc) is 3.04. The number of aromatic nitrogens is 2. The van der Waals surface area contributed by atoms with Crippen molar-refractivity contribution in [3.05, 3.63) is 48.0 Å². The molecule has 0 fully saturated rings. The molecule has 0 saturated heterocycles. The average molecular weight is 285 g/mol. The van der Waals surface area contributed by atoms with Crippen molar-refractivity contribution < 1.29 is 13.9 Å². The third-order valence-corrected chi connectivity index (χ3v) is 3.12. The van der Waals surface area contributed by atoms with Crippen molar-refractivity contribution in [2.75, 3.05) is 12.3 Å². The molecule has 2 N–H and O–H groups in total. The van der Waals surface area contributed by atoms with Crippen LogP contribution in [0.25, 0.3) is 11.0 Å². The van der Waals surface area contributed by atoms with Crippen LogP contribution in [0.5, 0.6) is 0 Å². The lowest BCUT2D eigenvalue weighted by atomic mass is 10.2. The molecule has 3 rings (SSSR count). The van der Waals surface area contributed by atoms with Crippen LogP contribution in [-0.2, 0) is 18.2 Å². The first-order valence-electron chi connectivity index (χ1n) is 6.55. The lowest BCUT2D eigenvalue weighted by Gasteiger charge is -2.00. The van der Waals surface area contributed by atoms with E-state index in [2.05, 4.69) is 5.10 Å². The van der Waals surface area contributed by atoms with Gasteiger partial charge in [-0.15, -0.1) is 0 Å². The van der Waals surface area contributed by atoms with Crippen molar-refractivity contribution in [3.63, 3.8) is 0 Å². The Morgan fingerprint density at radius 3 is 3.05 bits per heavy atom. The molecule has 0 amide bonds. The minimum atomic E-state index is -0.478. The van der Waals surface area contributed by atoms with Crippen molar-refractivity contribution in [2.24, 2.45) is 7.05 Å². The molecule has 0 saturated carbocycles. The zero-order valence-corrected chi connectivity index (χ0v) is 11.6. The summed E-state index contributed by atoms with van der Waals surface area (Å²) in [4.78, 5) is 11.9. The highest BCUT2D eigenvalue weighted by Crippen LogP contribution is 2.22. The normalized spacial score (nSPS) is 10.9. The van der Waals surface area contributed by atoms with Gasteiger partial charge < -0.3 is 14.9 Å². The van der Waals surface area contributed by atoms with Crippen LogP contribution in [0.4, 0.5) is 5.69 Å². The monoisotopic (exact) mass is 285 g/mol. The summed E-state index contributed by atoms with van der Waals surface area (Å²) < 4.78 is 12.4. The van der Waals surface area contributed by atoms with Crippen molar-refractivity contribution in [2.45, 2.75) is 6.42 Å². The Bertz CT molecular complexity index is 788. The number of carbonyl (C=O) groups is 1. The van der Waals surface area contributed by atoms with Crippen LogP contribution in [0.3, 0.4) is 0 Å². The highest BCUT2D eigenvalue weighted by molar-refractivity contribution is 5.93. The minimum absolute atomic E-state index is 0.182. The molecule has 2 heterocycles. The summed E-state index contributed by atoms with van der Waals surface area (Å²) in [6.45, 7) is 0.281. The first-order valence-corrected chi connectivity index (χ1v) is 6.55. The number of anilines is 1. The van der Waals surface area contributed by atoms with E-state index in [-0.39, 0.29) is 12.4 Å². The van der Waals surface area contributed by atoms with E-state index in [0.29, 0.717) is 17.7 Å². The van der Waals surface area contributed by atoms with Gasteiger partial charge in [0.15, 0.2) is 0 Å². The molecule has 1 aromatic carbocycles. The molecule has 6 nitrogen and oxygen atoms in total. The van der Waals surface area contributed by atoms with Gasteiger partial charge >= 0.3 is 5.97 Å². The van der Waals surface area contributed by atoms with Crippen LogP contribution in [0, 0.1) is 0 Å². The van der Waals surface area contributed by atoms with Crippen molar-refractivity contribution in [1.82, 2.24) is 9.78 Å². The molecule has 0 radical (unpaired) electrons. The number of rotatable bonds is 4. The number of nitrogens with two attached hydrogens (primary N) is 1. The van der Waals surface area contributed by atoms with E-state index in [0.717, 1.165) is 10.9 Å². The number of hydrogen-bond acceptors (Lipinski definition) is 5. The SMILES string of the molecule is Cn1cc(CCOC(=O)c2cc3cc(N)ccc3o2)cn1. The molecule has 0 bridgehead atoms. The van der Waals surface area contributed by atoms with Gasteiger partial charge in [0.1, 0.15) is 5.58 Å². The molecule has 3 aromatic rings. The summed E-state index contributed by atoms with van der Waals surface area (Å²) >= 11 is 0. The molecule has 6 heteroatoms. The number of ether oxygens (including phenoxy) is 1. The number of esters is 1. The molecule has 21 heavy (non-hydrogen) atoms. The maximum Gasteiger partial charge on any atom is 0.374 e. The summed E-state index contributed by atoms with van der Waals surface area (Å²) in [5, 5.41) is 4.84. The van der Waals surface area contributed by atoms with E-state index < -0.39 is 5.97 Å². The van der Waals surface area contributed by atoms with Gasteiger partial charge in [-0.1, -0.05) is 0 Å². The van der Waals surface area contributed by atoms with Gasteiger partial charge in [0.05, 0.1) is 12.8 Å². The Kier molecular flexibility index (Phi) is 3.35. The first-order chi connectivity index (χ1) is 10.1. The van der Waals surface area contributed by atoms with Crippen molar-refractivity contribution >= 4 is 22.6 Å². The van der Waals surface area contributed by atoms with Gasteiger partial charge in [-0.3, -0.25) is 4.68 Å². The van der Waals surface area contributed by atoms with E-state index >= 15 is 0 Å². The number of hydrogen-bond donors (Lipinski definition) is 1. The van der Waals surface area contributed by atoms with Crippen LogP contribution in [-0.4, -0.2) is 22.4 Å². The Balaban J connectivity index is 1.63. The van der Waals surface area contributed by atoms with Gasteiger partial charge in [0, 0.05) is 30.7 Å². The van der Waals surface area contributed by atoms with Gasteiger partial charge in [-0.2, -0.15) is 5.10 Å². The predicted octanol–water partition coefficient (Wildman–Crippen LogP) is 2.15. The topological polar surface area (TPSA) is 83.3 Å². The first kappa shape index (κ1) is 13.2. The van der Waals surface area contributed by atoms with Gasteiger partial charge in [0.25, 0.3) is 0 Å². The summed E-state index contributed by atoms with van der Waals surface area (Å²) in [5.74, 6) is -0.296. The second kappa shape index (κ2) is 5.32. The fourth-order valence-corrected chi connectivity index (χ4v) is 2.10. The van der Waals surface area contributed by atoms with Crippen LogP contribution in [0.15, 0.2) is 41.1 Å². The second-order valence-corrected chi connectivity index (χ2v) is 4.82. The number of aryl methyl sites for hydroxylation is 1. The molecule has 108 valence electrons. The molecule has 0 unspecified atom stereocenters. The highest BCUT2D eigenvalue weighted by atomic mass is 16.5. The predicted molar refractivity (Wildman–Crippen MR) is 77.8 cm³/mol. The Morgan fingerprint density at radius 2 is 2.29 bits per heavy atom. The van der Waals surface area contributed by atoms with Crippen LogP contribution < -0.4 is 5.73 Å². The number of benzene rings is 1. The lowest BCUT2D eigenvalue weighted by molar-refractivity contribution is 0.0475. The van der Waals surface area contributed by atoms with E-state index in [1.807, 2.05) is 13.2 Å². The van der Waals surface area contributed by atoms with Gasteiger partial charge in [0.2, 0.25) is 5.76 Å². The third-order valence-electron chi connectivity index (χ3n) is 3.12. The molecule has 0 atom stereocenters.